The second-order valence-electron chi connectivity index (χ2n) is 6.35. The van der Waals surface area contributed by atoms with Gasteiger partial charge in [-0.05, 0) is 37.3 Å². The second-order valence-corrected chi connectivity index (χ2v) is 6.35. The number of carbonyl (C=O) groups excluding carboxylic acids is 1. The lowest BCUT2D eigenvalue weighted by atomic mass is 10.1. The first-order chi connectivity index (χ1) is 13.8. The number of ether oxygens (including phenoxy) is 1. The Morgan fingerprint density at radius 3 is 2.52 bits per heavy atom. The van der Waals surface area contributed by atoms with E-state index in [0.717, 1.165) is 6.07 Å². The molecule has 2 aromatic carbocycles. The zero-order valence-electron chi connectivity index (χ0n) is 15.8. The van der Waals surface area contributed by atoms with Gasteiger partial charge in [0.15, 0.2) is 6.10 Å². The van der Waals surface area contributed by atoms with E-state index < -0.39 is 22.8 Å². The number of hydrogen-bond acceptors (Lipinski definition) is 8. The molecule has 0 bridgehead atoms. The number of nitro groups is 1. The van der Waals surface area contributed by atoms with Crippen LogP contribution in [0.5, 0.6) is 0 Å². The molecule has 150 valence electrons. The van der Waals surface area contributed by atoms with Crippen molar-refractivity contribution >= 4 is 17.3 Å². The summed E-state index contributed by atoms with van der Waals surface area (Å²) in [4.78, 5) is 24.7. The average molecular weight is 400 g/mol. The summed E-state index contributed by atoms with van der Waals surface area (Å²) in [7, 11) is 3.41. The maximum absolute atomic E-state index is 13.0. The summed E-state index contributed by atoms with van der Waals surface area (Å²) in [6, 6.07) is 9.41. The van der Waals surface area contributed by atoms with Crippen LogP contribution < -0.4 is 4.90 Å². The van der Waals surface area contributed by atoms with Gasteiger partial charge in [-0.2, -0.15) is 0 Å². The molecule has 0 amide bonds. The first-order valence-electron chi connectivity index (χ1n) is 8.52. The minimum atomic E-state index is -0.904. The minimum Gasteiger partial charge on any atom is -0.449 e. The highest BCUT2D eigenvalue weighted by Crippen LogP contribution is 2.28. The molecule has 0 saturated carbocycles. The number of halogens is 1. The summed E-state index contributed by atoms with van der Waals surface area (Å²) in [5.74, 6) is -0.988. The van der Waals surface area contributed by atoms with Gasteiger partial charge in [0.1, 0.15) is 5.82 Å². The Bertz CT molecular complexity index is 1050. The van der Waals surface area contributed by atoms with Crippen molar-refractivity contribution in [3.05, 3.63) is 69.9 Å². The number of nitrogens with zero attached hydrogens (tertiary/aromatic N) is 4. The Balaban J connectivity index is 1.81. The van der Waals surface area contributed by atoms with Crippen molar-refractivity contribution in [2.24, 2.45) is 0 Å². The van der Waals surface area contributed by atoms with Crippen LogP contribution in [0.3, 0.4) is 0 Å². The van der Waals surface area contributed by atoms with Gasteiger partial charge in [0.25, 0.3) is 11.6 Å². The van der Waals surface area contributed by atoms with E-state index in [1.807, 2.05) is 0 Å². The first-order valence-corrected chi connectivity index (χ1v) is 8.52. The molecule has 0 N–H and O–H groups in total. The van der Waals surface area contributed by atoms with E-state index in [9.17, 15) is 19.3 Å². The molecule has 3 aromatic rings. The SMILES string of the molecule is C[C@@H](OC(=O)c1cc([N+](=O)[O-])ccc1N(C)C)c1nnc(-c2ccc(F)cc2)o1. The zero-order valence-corrected chi connectivity index (χ0v) is 15.8. The smallest absolute Gasteiger partial charge is 0.341 e. The third kappa shape index (κ3) is 4.37. The zero-order chi connectivity index (χ0) is 21.1. The van der Waals surface area contributed by atoms with Gasteiger partial charge in [0.2, 0.25) is 5.89 Å². The normalized spacial score (nSPS) is 11.7. The van der Waals surface area contributed by atoms with Crippen molar-refractivity contribution in [1.29, 1.82) is 0 Å². The molecule has 0 aliphatic rings. The third-order valence-electron chi connectivity index (χ3n) is 4.06. The molecular weight excluding hydrogens is 383 g/mol. The molecule has 0 aliphatic heterocycles. The first kappa shape index (κ1) is 19.9. The van der Waals surface area contributed by atoms with Crippen molar-refractivity contribution in [3.8, 4) is 11.5 Å². The van der Waals surface area contributed by atoms with E-state index in [1.54, 1.807) is 19.0 Å². The van der Waals surface area contributed by atoms with Crippen molar-refractivity contribution in [2.75, 3.05) is 19.0 Å². The molecule has 0 radical (unpaired) electrons. The van der Waals surface area contributed by atoms with Crippen LogP contribution in [0.25, 0.3) is 11.5 Å². The Labute approximate surface area is 164 Å². The number of rotatable bonds is 6. The van der Waals surface area contributed by atoms with Crippen LogP contribution in [-0.4, -0.2) is 35.2 Å². The van der Waals surface area contributed by atoms with Crippen LogP contribution in [0.15, 0.2) is 46.9 Å². The van der Waals surface area contributed by atoms with Gasteiger partial charge in [-0.25, -0.2) is 9.18 Å². The van der Waals surface area contributed by atoms with Crippen LogP contribution >= 0.6 is 0 Å². The lowest BCUT2D eigenvalue weighted by Crippen LogP contribution is -2.17. The summed E-state index contributed by atoms with van der Waals surface area (Å²) < 4.78 is 23.9. The Hall–Kier alpha value is -3.82. The molecule has 0 aliphatic carbocycles. The number of esters is 1. The standard InChI is InChI=1S/C19H17FN4O5/c1-11(17-21-22-18(29-17)12-4-6-13(20)7-5-12)28-19(25)15-10-14(24(26)27)8-9-16(15)23(2)3/h4-11H,1-3H3/t11-/m1/s1. The van der Waals surface area contributed by atoms with Gasteiger partial charge in [0, 0.05) is 31.8 Å². The number of anilines is 1. The number of benzene rings is 2. The summed E-state index contributed by atoms with van der Waals surface area (Å²) in [6.45, 7) is 1.53. The quantitative estimate of drug-likeness (QED) is 0.349. The maximum atomic E-state index is 13.0. The predicted molar refractivity (Wildman–Crippen MR) is 101 cm³/mol. The predicted octanol–water partition coefficient (Wildman–Crippen LogP) is 3.77. The van der Waals surface area contributed by atoms with E-state index in [-0.39, 0.29) is 23.0 Å². The molecule has 0 saturated heterocycles. The molecule has 0 fully saturated rings. The van der Waals surface area contributed by atoms with Crippen LogP contribution in [0.1, 0.15) is 29.3 Å². The topological polar surface area (TPSA) is 112 Å². The third-order valence-corrected chi connectivity index (χ3v) is 4.06. The summed E-state index contributed by atoms with van der Waals surface area (Å²) in [5.41, 5.74) is 0.781. The van der Waals surface area contributed by atoms with Gasteiger partial charge >= 0.3 is 5.97 Å². The lowest BCUT2D eigenvalue weighted by Gasteiger charge is -2.17. The van der Waals surface area contributed by atoms with Crippen molar-refractivity contribution in [1.82, 2.24) is 10.2 Å². The fourth-order valence-electron chi connectivity index (χ4n) is 2.57. The number of hydrogen-bond donors (Lipinski definition) is 0. The van der Waals surface area contributed by atoms with E-state index in [1.165, 1.54) is 43.3 Å². The molecular formula is C19H17FN4O5. The van der Waals surface area contributed by atoms with E-state index in [4.69, 9.17) is 9.15 Å². The van der Waals surface area contributed by atoms with Crippen molar-refractivity contribution < 1.29 is 23.3 Å². The molecule has 1 aromatic heterocycles. The van der Waals surface area contributed by atoms with Crippen LogP contribution in [0, 0.1) is 15.9 Å². The highest BCUT2D eigenvalue weighted by atomic mass is 19.1. The Morgan fingerprint density at radius 2 is 1.90 bits per heavy atom. The monoisotopic (exact) mass is 400 g/mol. The Kier molecular flexibility index (Phi) is 5.53. The Morgan fingerprint density at radius 1 is 1.21 bits per heavy atom. The van der Waals surface area contributed by atoms with Gasteiger partial charge in [-0.1, -0.05) is 0 Å². The molecule has 1 atom stereocenters. The summed E-state index contributed by atoms with van der Waals surface area (Å²) in [6.07, 6.45) is -0.904. The molecule has 1 heterocycles. The fraction of sp³-hybridized carbons (Fsp3) is 0.211. The van der Waals surface area contributed by atoms with Gasteiger partial charge < -0.3 is 14.1 Å². The van der Waals surface area contributed by atoms with Crippen molar-refractivity contribution in [2.45, 2.75) is 13.0 Å². The number of non-ortho nitro benzene ring substituents is 1. The fourth-order valence-corrected chi connectivity index (χ4v) is 2.57. The van der Waals surface area contributed by atoms with Crippen LogP contribution in [0.2, 0.25) is 0 Å². The van der Waals surface area contributed by atoms with Crippen LogP contribution in [-0.2, 0) is 4.74 Å². The maximum Gasteiger partial charge on any atom is 0.341 e. The average Bonchev–Trinajstić information content (AvgIpc) is 3.18. The summed E-state index contributed by atoms with van der Waals surface area (Å²) >= 11 is 0. The molecule has 10 heteroatoms. The van der Waals surface area contributed by atoms with Gasteiger partial charge in [-0.15, -0.1) is 10.2 Å². The van der Waals surface area contributed by atoms with E-state index in [2.05, 4.69) is 10.2 Å². The molecule has 0 spiro atoms. The largest absolute Gasteiger partial charge is 0.449 e. The van der Waals surface area contributed by atoms with Gasteiger partial charge in [0.05, 0.1) is 16.2 Å². The minimum absolute atomic E-state index is 0.0364. The van der Waals surface area contributed by atoms with E-state index in [0.29, 0.717) is 11.3 Å². The lowest BCUT2D eigenvalue weighted by molar-refractivity contribution is -0.384. The van der Waals surface area contributed by atoms with Gasteiger partial charge in [-0.3, -0.25) is 10.1 Å². The number of carbonyl (C=O) groups is 1. The van der Waals surface area contributed by atoms with E-state index >= 15 is 0 Å². The summed E-state index contributed by atoms with van der Waals surface area (Å²) in [5, 5.41) is 18.8. The second kappa shape index (κ2) is 8.05. The number of aromatic nitrogens is 2. The molecule has 9 nitrogen and oxygen atoms in total. The van der Waals surface area contributed by atoms with Crippen molar-refractivity contribution in [3.63, 3.8) is 0 Å². The highest BCUT2D eigenvalue weighted by molar-refractivity contribution is 5.96. The number of nitro benzene ring substituents is 1. The molecule has 0 unspecified atom stereocenters. The molecule has 3 rings (SSSR count). The molecule has 29 heavy (non-hydrogen) atoms. The van der Waals surface area contributed by atoms with Crippen LogP contribution in [0.4, 0.5) is 15.8 Å². The highest BCUT2D eigenvalue weighted by Gasteiger charge is 2.24.